The molecule has 92 valence electrons. The van der Waals surface area contributed by atoms with Crippen LogP contribution in [0.2, 0.25) is 5.02 Å². The molecule has 3 heteroatoms. The Balaban J connectivity index is 2.93. The molecule has 0 heterocycles. The van der Waals surface area contributed by atoms with Crippen LogP contribution < -0.4 is 0 Å². The molecule has 0 radical (unpaired) electrons. The molecular formula is C14H17ClO2. The zero-order chi connectivity index (χ0) is 12.9. The van der Waals surface area contributed by atoms with Crippen LogP contribution in [0.15, 0.2) is 36.9 Å². The first-order valence-corrected chi connectivity index (χ1v) is 5.95. The van der Waals surface area contributed by atoms with Crippen molar-refractivity contribution in [3.05, 3.63) is 47.5 Å². The SMILES string of the molecule is C=CC(C)(Cc1ccccc1Cl)C(=O)OCC. The van der Waals surface area contributed by atoms with Crippen molar-refractivity contribution in [3.8, 4) is 0 Å². The van der Waals surface area contributed by atoms with Gasteiger partial charge in [0.25, 0.3) is 0 Å². The number of halogens is 1. The lowest BCUT2D eigenvalue weighted by molar-refractivity contribution is -0.151. The molecule has 0 fully saturated rings. The minimum absolute atomic E-state index is 0.269. The van der Waals surface area contributed by atoms with Crippen molar-refractivity contribution in [2.24, 2.45) is 5.41 Å². The summed E-state index contributed by atoms with van der Waals surface area (Å²) >= 11 is 6.08. The third kappa shape index (κ3) is 3.34. The summed E-state index contributed by atoms with van der Waals surface area (Å²) in [6.07, 6.45) is 2.11. The van der Waals surface area contributed by atoms with Gasteiger partial charge in [-0.2, -0.15) is 0 Å². The van der Waals surface area contributed by atoms with E-state index in [1.165, 1.54) is 0 Å². The van der Waals surface area contributed by atoms with Crippen molar-refractivity contribution in [1.82, 2.24) is 0 Å². The standard InChI is InChI=1S/C14H17ClO2/c1-4-14(3,13(16)17-5-2)10-11-8-6-7-9-12(11)15/h4,6-9H,1,5,10H2,2-3H3. The summed E-state index contributed by atoms with van der Waals surface area (Å²) in [5, 5.41) is 0.657. The maximum Gasteiger partial charge on any atom is 0.315 e. The summed E-state index contributed by atoms with van der Waals surface area (Å²) in [5.41, 5.74) is 0.186. The minimum Gasteiger partial charge on any atom is -0.465 e. The van der Waals surface area contributed by atoms with Crippen LogP contribution in [0.1, 0.15) is 19.4 Å². The van der Waals surface area contributed by atoms with Crippen molar-refractivity contribution < 1.29 is 9.53 Å². The highest BCUT2D eigenvalue weighted by Crippen LogP contribution is 2.29. The zero-order valence-corrected chi connectivity index (χ0v) is 11.0. The van der Waals surface area contributed by atoms with Crippen molar-refractivity contribution in [1.29, 1.82) is 0 Å². The molecule has 1 aromatic carbocycles. The molecular weight excluding hydrogens is 236 g/mol. The van der Waals surface area contributed by atoms with E-state index in [2.05, 4.69) is 6.58 Å². The van der Waals surface area contributed by atoms with E-state index in [1.54, 1.807) is 19.9 Å². The fourth-order valence-corrected chi connectivity index (χ4v) is 1.76. The zero-order valence-electron chi connectivity index (χ0n) is 10.2. The summed E-state index contributed by atoms with van der Waals surface area (Å²) in [6, 6.07) is 7.48. The second-order valence-electron chi connectivity index (χ2n) is 4.11. The molecule has 0 bridgehead atoms. The number of carbonyl (C=O) groups is 1. The van der Waals surface area contributed by atoms with Gasteiger partial charge in [0.15, 0.2) is 0 Å². The van der Waals surface area contributed by atoms with Crippen molar-refractivity contribution in [3.63, 3.8) is 0 Å². The number of hydrogen-bond acceptors (Lipinski definition) is 2. The van der Waals surface area contributed by atoms with E-state index >= 15 is 0 Å². The lowest BCUT2D eigenvalue weighted by atomic mass is 9.84. The summed E-state index contributed by atoms with van der Waals surface area (Å²) in [4.78, 5) is 11.9. The summed E-state index contributed by atoms with van der Waals surface area (Å²) in [7, 11) is 0. The molecule has 17 heavy (non-hydrogen) atoms. The third-order valence-electron chi connectivity index (χ3n) is 2.71. The fraction of sp³-hybridized carbons (Fsp3) is 0.357. The Morgan fingerprint density at radius 2 is 2.18 bits per heavy atom. The Morgan fingerprint density at radius 3 is 2.71 bits per heavy atom. The van der Waals surface area contributed by atoms with Gasteiger partial charge in [-0.15, -0.1) is 6.58 Å². The number of ether oxygens (including phenoxy) is 1. The quantitative estimate of drug-likeness (QED) is 0.591. The predicted molar refractivity (Wildman–Crippen MR) is 70.1 cm³/mol. The molecule has 1 rings (SSSR count). The van der Waals surface area contributed by atoms with Gasteiger partial charge in [0, 0.05) is 5.02 Å². The highest BCUT2D eigenvalue weighted by molar-refractivity contribution is 6.31. The predicted octanol–water partition coefficient (Wildman–Crippen LogP) is 3.64. The Morgan fingerprint density at radius 1 is 1.53 bits per heavy atom. The molecule has 0 amide bonds. The van der Waals surface area contributed by atoms with Crippen LogP contribution in [0.3, 0.4) is 0 Å². The Bertz CT molecular complexity index is 414. The number of rotatable bonds is 5. The number of esters is 1. The number of hydrogen-bond donors (Lipinski definition) is 0. The summed E-state index contributed by atoms with van der Waals surface area (Å²) in [6.45, 7) is 7.68. The Labute approximate surface area is 107 Å². The van der Waals surface area contributed by atoms with E-state index in [9.17, 15) is 4.79 Å². The molecule has 0 saturated carbocycles. The largest absolute Gasteiger partial charge is 0.465 e. The average molecular weight is 253 g/mol. The van der Waals surface area contributed by atoms with E-state index in [4.69, 9.17) is 16.3 Å². The van der Waals surface area contributed by atoms with Crippen LogP contribution in [0.25, 0.3) is 0 Å². The van der Waals surface area contributed by atoms with E-state index < -0.39 is 5.41 Å². The van der Waals surface area contributed by atoms with Crippen LogP contribution in [-0.4, -0.2) is 12.6 Å². The van der Waals surface area contributed by atoms with Gasteiger partial charge in [-0.3, -0.25) is 4.79 Å². The Kier molecular flexibility index (Phi) is 4.76. The normalized spacial score (nSPS) is 13.8. The highest BCUT2D eigenvalue weighted by atomic mass is 35.5. The summed E-state index contributed by atoms with van der Waals surface area (Å²) in [5.74, 6) is -0.269. The van der Waals surface area contributed by atoms with Gasteiger partial charge < -0.3 is 4.74 Å². The molecule has 2 nitrogen and oxygen atoms in total. The second kappa shape index (κ2) is 5.87. The molecule has 0 saturated heterocycles. The van der Waals surface area contributed by atoms with Gasteiger partial charge in [-0.25, -0.2) is 0 Å². The first kappa shape index (κ1) is 13.8. The first-order chi connectivity index (χ1) is 8.03. The summed E-state index contributed by atoms with van der Waals surface area (Å²) < 4.78 is 5.06. The fourth-order valence-electron chi connectivity index (χ4n) is 1.56. The smallest absolute Gasteiger partial charge is 0.315 e. The number of carbonyl (C=O) groups excluding carboxylic acids is 1. The molecule has 0 spiro atoms. The molecule has 0 aliphatic heterocycles. The van der Waals surface area contributed by atoms with Gasteiger partial charge >= 0.3 is 5.97 Å². The molecule has 0 aromatic heterocycles. The van der Waals surface area contributed by atoms with Gasteiger partial charge in [0.1, 0.15) is 0 Å². The van der Waals surface area contributed by atoms with Crippen LogP contribution in [0.5, 0.6) is 0 Å². The monoisotopic (exact) mass is 252 g/mol. The van der Waals surface area contributed by atoms with Crippen molar-refractivity contribution in [2.75, 3.05) is 6.61 Å². The highest BCUT2D eigenvalue weighted by Gasteiger charge is 2.32. The molecule has 0 N–H and O–H groups in total. The third-order valence-corrected chi connectivity index (χ3v) is 3.08. The molecule has 1 unspecified atom stereocenters. The van der Waals surface area contributed by atoms with Crippen molar-refractivity contribution in [2.45, 2.75) is 20.3 Å². The maximum atomic E-state index is 11.9. The van der Waals surface area contributed by atoms with E-state index in [-0.39, 0.29) is 5.97 Å². The van der Waals surface area contributed by atoms with E-state index in [1.807, 2.05) is 24.3 Å². The van der Waals surface area contributed by atoms with Gasteiger partial charge in [0.2, 0.25) is 0 Å². The molecule has 1 atom stereocenters. The number of benzene rings is 1. The van der Waals surface area contributed by atoms with Crippen molar-refractivity contribution >= 4 is 17.6 Å². The minimum atomic E-state index is -0.735. The molecule has 0 aliphatic rings. The average Bonchev–Trinajstić information content (AvgIpc) is 2.32. The maximum absolute atomic E-state index is 11.9. The van der Waals surface area contributed by atoms with Gasteiger partial charge in [-0.05, 0) is 31.9 Å². The van der Waals surface area contributed by atoms with Gasteiger partial charge in [-0.1, -0.05) is 35.9 Å². The van der Waals surface area contributed by atoms with Crippen LogP contribution >= 0.6 is 11.6 Å². The Hall–Kier alpha value is -1.28. The lowest BCUT2D eigenvalue weighted by Crippen LogP contribution is -2.30. The van der Waals surface area contributed by atoms with Crippen LogP contribution in [0.4, 0.5) is 0 Å². The van der Waals surface area contributed by atoms with Crippen LogP contribution in [0, 0.1) is 5.41 Å². The first-order valence-electron chi connectivity index (χ1n) is 5.57. The lowest BCUT2D eigenvalue weighted by Gasteiger charge is -2.23. The molecule has 1 aromatic rings. The van der Waals surface area contributed by atoms with E-state index in [0.717, 1.165) is 5.56 Å². The second-order valence-corrected chi connectivity index (χ2v) is 4.52. The molecule has 0 aliphatic carbocycles. The van der Waals surface area contributed by atoms with Crippen LogP contribution in [-0.2, 0) is 16.0 Å². The van der Waals surface area contributed by atoms with E-state index in [0.29, 0.717) is 18.1 Å². The van der Waals surface area contributed by atoms with Gasteiger partial charge in [0.05, 0.1) is 12.0 Å². The topological polar surface area (TPSA) is 26.3 Å².